The lowest BCUT2D eigenvalue weighted by Crippen LogP contribution is -2.43. The summed E-state index contributed by atoms with van der Waals surface area (Å²) in [4.78, 5) is 58.4. The molecule has 0 aliphatic carbocycles. The maximum Gasteiger partial charge on any atom is 0.359 e. The lowest BCUT2D eigenvalue weighted by atomic mass is 10.2. The number of aryl methyl sites for hydroxylation is 1. The third kappa shape index (κ3) is 5.79. The first kappa shape index (κ1) is 25.7. The van der Waals surface area contributed by atoms with E-state index in [1.807, 2.05) is 32.9 Å². The molecule has 3 rings (SSSR count). The summed E-state index contributed by atoms with van der Waals surface area (Å²) in [5.74, 6) is -1.46. The van der Waals surface area contributed by atoms with Gasteiger partial charge in [0.1, 0.15) is 11.5 Å². The lowest BCUT2D eigenvalue weighted by Gasteiger charge is -2.24. The Bertz CT molecular complexity index is 1320. The van der Waals surface area contributed by atoms with Crippen LogP contribution < -0.4 is 21.9 Å². The standard InChI is InChI=1S/C24H32N6O5/c1-4-6-8-13-28(20-21(25)29(12-7-5-2)24(34)27-22(20)32)19(31)15-35-23(33)17-14-30-16(3)10-9-11-18(30)26-17/h9-11,14H,4-8,12-13,15,25H2,1-3H3,(H,27,32,34). The molecule has 0 aliphatic heterocycles. The van der Waals surface area contributed by atoms with Crippen molar-refractivity contribution < 1.29 is 14.3 Å². The summed E-state index contributed by atoms with van der Waals surface area (Å²) >= 11 is 0. The van der Waals surface area contributed by atoms with E-state index >= 15 is 0 Å². The number of pyridine rings is 1. The number of anilines is 2. The Labute approximate surface area is 202 Å². The highest BCUT2D eigenvalue weighted by molar-refractivity contribution is 5.98. The summed E-state index contributed by atoms with van der Waals surface area (Å²) in [5.41, 5.74) is 6.24. The molecular formula is C24H32N6O5. The summed E-state index contributed by atoms with van der Waals surface area (Å²) < 4.78 is 8.24. The first-order valence-corrected chi connectivity index (χ1v) is 11.8. The third-order valence-corrected chi connectivity index (χ3v) is 5.74. The van der Waals surface area contributed by atoms with Crippen molar-refractivity contribution in [1.82, 2.24) is 18.9 Å². The number of rotatable bonds is 11. The predicted octanol–water partition coefficient (Wildman–Crippen LogP) is 2.26. The molecule has 11 heteroatoms. The molecule has 0 aliphatic rings. The largest absolute Gasteiger partial charge is 0.451 e. The Balaban J connectivity index is 1.85. The van der Waals surface area contributed by atoms with Crippen LogP contribution in [0.1, 0.15) is 62.1 Å². The summed E-state index contributed by atoms with van der Waals surface area (Å²) in [5, 5.41) is 0. The van der Waals surface area contributed by atoms with Gasteiger partial charge in [0.2, 0.25) is 0 Å². The number of fused-ring (bicyclic) bond motifs is 1. The Morgan fingerprint density at radius 2 is 1.89 bits per heavy atom. The Morgan fingerprint density at radius 1 is 1.14 bits per heavy atom. The number of aromatic nitrogens is 4. The molecule has 0 saturated carbocycles. The van der Waals surface area contributed by atoms with Gasteiger partial charge in [-0.1, -0.05) is 39.2 Å². The fourth-order valence-electron chi connectivity index (χ4n) is 3.78. The molecule has 3 aromatic rings. The highest BCUT2D eigenvalue weighted by Crippen LogP contribution is 2.19. The van der Waals surface area contributed by atoms with Crippen LogP contribution in [0, 0.1) is 6.92 Å². The van der Waals surface area contributed by atoms with E-state index in [2.05, 4.69) is 9.97 Å². The Morgan fingerprint density at radius 3 is 2.57 bits per heavy atom. The van der Waals surface area contributed by atoms with Crippen molar-refractivity contribution in [2.24, 2.45) is 0 Å². The maximum atomic E-state index is 13.1. The molecule has 0 radical (unpaired) electrons. The van der Waals surface area contributed by atoms with Crippen LogP contribution in [0.5, 0.6) is 0 Å². The monoisotopic (exact) mass is 484 g/mol. The number of hydrogen-bond acceptors (Lipinski definition) is 7. The molecule has 0 bridgehead atoms. The number of nitrogens with one attached hydrogen (secondary N) is 1. The molecule has 0 spiro atoms. The minimum atomic E-state index is -0.759. The van der Waals surface area contributed by atoms with Crippen LogP contribution in [0.2, 0.25) is 0 Å². The number of carbonyl (C=O) groups is 2. The molecule has 0 atom stereocenters. The maximum absolute atomic E-state index is 13.1. The highest BCUT2D eigenvalue weighted by atomic mass is 16.5. The molecule has 0 fully saturated rings. The van der Waals surface area contributed by atoms with E-state index in [0.29, 0.717) is 25.0 Å². The zero-order valence-electron chi connectivity index (χ0n) is 20.4. The molecule has 35 heavy (non-hydrogen) atoms. The van der Waals surface area contributed by atoms with Gasteiger partial charge in [-0.25, -0.2) is 14.6 Å². The van der Waals surface area contributed by atoms with Crippen LogP contribution in [0.25, 0.3) is 5.65 Å². The van der Waals surface area contributed by atoms with Gasteiger partial charge in [-0.3, -0.25) is 19.1 Å². The molecular weight excluding hydrogens is 452 g/mol. The smallest absolute Gasteiger partial charge is 0.359 e. The number of carbonyl (C=O) groups excluding carboxylic acids is 2. The minimum absolute atomic E-state index is 0.0649. The second-order valence-electron chi connectivity index (χ2n) is 8.35. The van der Waals surface area contributed by atoms with Crippen molar-refractivity contribution in [3.8, 4) is 0 Å². The lowest BCUT2D eigenvalue weighted by molar-refractivity contribution is -0.121. The van der Waals surface area contributed by atoms with Crippen molar-refractivity contribution >= 4 is 29.0 Å². The van der Waals surface area contributed by atoms with Crippen molar-refractivity contribution in [2.45, 2.75) is 59.4 Å². The van der Waals surface area contributed by atoms with Gasteiger partial charge < -0.3 is 19.8 Å². The normalized spacial score (nSPS) is 11.1. The minimum Gasteiger partial charge on any atom is -0.451 e. The average Bonchev–Trinajstić information content (AvgIpc) is 3.27. The number of H-pyrrole nitrogens is 1. The van der Waals surface area contributed by atoms with Crippen LogP contribution in [0.15, 0.2) is 34.0 Å². The van der Waals surface area contributed by atoms with Crippen LogP contribution >= 0.6 is 0 Å². The molecule has 0 unspecified atom stereocenters. The van der Waals surface area contributed by atoms with Crippen molar-refractivity contribution in [1.29, 1.82) is 0 Å². The summed E-state index contributed by atoms with van der Waals surface area (Å²) in [6, 6.07) is 5.46. The van der Waals surface area contributed by atoms with Gasteiger partial charge in [-0.05, 0) is 31.9 Å². The number of nitrogen functional groups attached to an aromatic ring is 1. The zero-order chi connectivity index (χ0) is 25.5. The SMILES string of the molecule is CCCCCN(C(=O)COC(=O)c1cn2c(C)cccc2n1)c1c(N)n(CCCC)c(=O)[nH]c1=O. The number of esters is 1. The summed E-state index contributed by atoms with van der Waals surface area (Å²) in [7, 11) is 0. The van der Waals surface area contributed by atoms with E-state index in [1.54, 1.807) is 16.7 Å². The molecule has 1 amide bonds. The fraction of sp³-hybridized carbons (Fsp3) is 0.458. The molecule has 3 N–H and O–H groups in total. The van der Waals surface area contributed by atoms with Crippen LogP contribution in [0.3, 0.4) is 0 Å². The number of ether oxygens (including phenoxy) is 1. The summed E-state index contributed by atoms with van der Waals surface area (Å²) in [6.07, 6.45) is 5.36. The topological polar surface area (TPSA) is 145 Å². The number of hydrogen-bond donors (Lipinski definition) is 2. The van der Waals surface area contributed by atoms with Gasteiger partial charge in [-0.15, -0.1) is 0 Å². The average molecular weight is 485 g/mol. The molecule has 3 heterocycles. The van der Waals surface area contributed by atoms with Crippen LogP contribution in [0.4, 0.5) is 11.5 Å². The third-order valence-electron chi connectivity index (χ3n) is 5.74. The van der Waals surface area contributed by atoms with E-state index in [0.717, 1.165) is 25.0 Å². The van der Waals surface area contributed by atoms with E-state index in [-0.39, 0.29) is 23.7 Å². The van der Waals surface area contributed by atoms with Gasteiger partial charge in [0, 0.05) is 25.0 Å². The van der Waals surface area contributed by atoms with E-state index in [9.17, 15) is 19.2 Å². The molecule has 11 nitrogen and oxygen atoms in total. The first-order chi connectivity index (χ1) is 16.8. The summed E-state index contributed by atoms with van der Waals surface area (Å²) in [6.45, 7) is 5.75. The number of nitrogens with zero attached hydrogens (tertiary/aromatic N) is 4. The van der Waals surface area contributed by atoms with Crippen molar-refractivity contribution in [3.63, 3.8) is 0 Å². The number of amides is 1. The second-order valence-corrected chi connectivity index (χ2v) is 8.35. The first-order valence-electron chi connectivity index (χ1n) is 11.8. The quantitative estimate of drug-likeness (QED) is 0.314. The Hall–Kier alpha value is -3.89. The van der Waals surface area contributed by atoms with Gasteiger partial charge in [0.05, 0.1) is 0 Å². The van der Waals surface area contributed by atoms with Gasteiger partial charge in [0.25, 0.3) is 11.5 Å². The fourth-order valence-corrected chi connectivity index (χ4v) is 3.78. The molecule has 0 saturated heterocycles. The van der Waals surface area contributed by atoms with Gasteiger partial charge >= 0.3 is 11.7 Å². The van der Waals surface area contributed by atoms with Crippen LogP contribution in [-0.2, 0) is 16.1 Å². The Kier molecular flexibility index (Phi) is 8.45. The van der Waals surface area contributed by atoms with E-state index < -0.39 is 29.7 Å². The second kappa shape index (κ2) is 11.5. The predicted molar refractivity (Wildman–Crippen MR) is 133 cm³/mol. The zero-order valence-corrected chi connectivity index (χ0v) is 20.4. The van der Waals surface area contributed by atoms with Crippen molar-refractivity contribution in [2.75, 3.05) is 23.8 Å². The van der Waals surface area contributed by atoms with Gasteiger partial charge in [-0.2, -0.15) is 0 Å². The van der Waals surface area contributed by atoms with E-state index in [1.165, 1.54) is 9.47 Å². The van der Waals surface area contributed by atoms with Crippen molar-refractivity contribution in [3.05, 3.63) is 56.6 Å². The van der Waals surface area contributed by atoms with Gasteiger partial charge in [0.15, 0.2) is 18.0 Å². The molecule has 3 aromatic heterocycles. The highest BCUT2D eigenvalue weighted by Gasteiger charge is 2.25. The number of nitrogens with two attached hydrogens (primary N) is 1. The number of imidazole rings is 1. The van der Waals surface area contributed by atoms with E-state index in [4.69, 9.17) is 10.5 Å². The molecule has 0 aromatic carbocycles. The number of aromatic amines is 1. The number of unbranched alkanes of at least 4 members (excludes halogenated alkanes) is 3. The van der Waals surface area contributed by atoms with Crippen LogP contribution in [-0.4, -0.2) is 44.0 Å². The molecule has 188 valence electrons.